The Kier molecular flexibility index (Phi) is 5.32. The summed E-state index contributed by atoms with van der Waals surface area (Å²) >= 11 is 0. The van der Waals surface area contributed by atoms with Crippen LogP contribution >= 0.6 is 0 Å². The number of aliphatic hydroxyl groups is 1. The summed E-state index contributed by atoms with van der Waals surface area (Å²) in [4.78, 5) is 21.8. The van der Waals surface area contributed by atoms with Gasteiger partial charge in [-0.1, -0.05) is 30.3 Å². The van der Waals surface area contributed by atoms with Crippen molar-refractivity contribution < 1.29 is 14.7 Å². The fraction of sp³-hybridized carbons (Fsp3) is 0.333. The van der Waals surface area contributed by atoms with E-state index in [4.69, 9.17) is 10.8 Å². The zero-order chi connectivity index (χ0) is 12.7. The number of aliphatic hydroxyl groups excluding tert-OH is 1. The van der Waals surface area contributed by atoms with E-state index in [9.17, 15) is 9.59 Å². The molecule has 0 aromatic heterocycles. The number of rotatable bonds is 7. The minimum atomic E-state index is -0.895. The summed E-state index contributed by atoms with van der Waals surface area (Å²) in [6, 6.07) is 7.96. The lowest BCUT2D eigenvalue weighted by molar-refractivity contribution is -0.121. The molecule has 0 aliphatic carbocycles. The highest BCUT2D eigenvalue weighted by Gasteiger charge is 2.18. The molecule has 17 heavy (non-hydrogen) atoms. The lowest BCUT2D eigenvalue weighted by Gasteiger charge is -2.18. The molecule has 0 fully saturated rings. The summed E-state index contributed by atoms with van der Waals surface area (Å²) < 4.78 is 0. The second kappa shape index (κ2) is 6.78. The van der Waals surface area contributed by atoms with Gasteiger partial charge in [0.15, 0.2) is 0 Å². The van der Waals surface area contributed by atoms with Crippen LogP contribution in [0.4, 0.5) is 0 Å². The molecule has 4 N–H and O–H groups in total. The van der Waals surface area contributed by atoms with E-state index in [-0.39, 0.29) is 0 Å². The quantitative estimate of drug-likeness (QED) is 0.542. The third kappa shape index (κ3) is 4.34. The standard InChI is InChI=1S/C12H16N2O3/c13-12(17)11(8-16)14-10(7-15)6-9-4-2-1-3-5-9/h1-5,7,10-11,14,16H,6,8H2,(H2,13,17)/t10?,11-/m0/s1. The Hall–Kier alpha value is -1.72. The first kappa shape index (κ1) is 13.3. The second-order valence-corrected chi connectivity index (χ2v) is 3.74. The largest absolute Gasteiger partial charge is 0.394 e. The van der Waals surface area contributed by atoms with E-state index in [0.717, 1.165) is 5.56 Å². The van der Waals surface area contributed by atoms with Crippen molar-refractivity contribution in [1.29, 1.82) is 0 Å². The van der Waals surface area contributed by atoms with E-state index < -0.39 is 24.6 Å². The molecule has 1 aromatic rings. The number of carbonyl (C=O) groups excluding carboxylic acids is 2. The Morgan fingerprint density at radius 3 is 2.53 bits per heavy atom. The molecule has 92 valence electrons. The molecule has 1 rings (SSSR count). The molecule has 0 heterocycles. The molecule has 0 saturated carbocycles. The predicted molar refractivity (Wildman–Crippen MR) is 63.2 cm³/mol. The summed E-state index contributed by atoms with van der Waals surface area (Å²) in [5.74, 6) is -0.674. The Balaban J connectivity index is 2.60. The summed E-state index contributed by atoms with van der Waals surface area (Å²) in [6.07, 6.45) is 1.16. The van der Waals surface area contributed by atoms with Gasteiger partial charge in [-0.15, -0.1) is 0 Å². The molecular formula is C12H16N2O3. The number of carbonyl (C=O) groups is 2. The normalized spacial score (nSPS) is 13.9. The third-order valence-corrected chi connectivity index (χ3v) is 2.40. The van der Waals surface area contributed by atoms with Crippen molar-refractivity contribution in [3.8, 4) is 0 Å². The average molecular weight is 236 g/mol. The minimum absolute atomic E-state index is 0.422. The van der Waals surface area contributed by atoms with E-state index in [1.54, 1.807) is 0 Å². The maximum atomic E-state index is 10.9. The molecule has 0 radical (unpaired) electrons. The fourth-order valence-corrected chi connectivity index (χ4v) is 1.50. The number of aldehydes is 1. The van der Waals surface area contributed by atoms with E-state index in [0.29, 0.717) is 12.7 Å². The van der Waals surface area contributed by atoms with Crippen LogP contribution in [0.1, 0.15) is 5.56 Å². The van der Waals surface area contributed by atoms with Gasteiger partial charge in [0.1, 0.15) is 12.3 Å². The number of benzene rings is 1. The van der Waals surface area contributed by atoms with Gasteiger partial charge in [-0.2, -0.15) is 0 Å². The van der Waals surface area contributed by atoms with Crippen molar-refractivity contribution in [3.63, 3.8) is 0 Å². The fourth-order valence-electron chi connectivity index (χ4n) is 1.50. The molecule has 1 amide bonds. The predicted octanol–water partition coefficient (Wildman–Crippen LogP) is -0.768. The van der Waals surface area contributed by atoms with E-state index in [2.05, 4.69) is 5.32 Å². The molecule has 1 aromatic carbocycles. The number of hydrogen-bond acceptors (Lipinski definition) is 4. The van der Waals surface area contributed by atoms with Gasteiger partial charge in [-0.05, 0) is 12.0 Å². The number of amides is 1. The summed E-state index contributed by atoms with van der Waals surface area (Å²) in [5, 5.41) is 11.6. The monoisotopic (exact) mass is 236 g/mol. The van der Waals surface area contributed by atoms with Crippen molar-refractivity contribution in [3.05, 3.63) is 35.9 Å². The maximum absolute atomic E-state index is 10.9. The van der Waals surface area contributed by atoms with Gasteiger partial charge in [0.05, 0.1) is 12.6 Å². The van der Waals surface area contributed by atoms with E-state index in [1.807, 2.05) is 30.3 Å². The van der Waals surface area contributed by atoms with Crippen molar-refractivity contribution in [2.45, 2.75) is 18.5 Å². The zero-order valence-corrected chi connectivity index (χ0v) is 9.37. The number of primary amides is 1. The molecule has 0 aliphatic heterocycles. The molecule has 2 atom stereocenters. The SMILES string of the molecule is NC(=O)[C@H](CO)NC(C=O)Cc1ccccc1. The van der Waals surface area contributed by atoms with Gasteiger partial charge in [0.25, 0.3) is 0 Å². The molecular weight excluding hydrogens is 220 g/mol. The number of hydrogen-bond donors (Lipinski definition) is 3. The molecule has 0 bridgehead atoms. The highest BCUT2D eigenvalue weighted by Crippen LogP contribution is 2.02. The first-order chi connectivity index (χ1) is 8.17. The van der Waals surface area contributed by atoms with Crippen molar-refractivity contribution in [2.75, 3.05) is 6.61 Å². The van der Waals surface area contributed by atoms with Crippen LogP contribution in [0.25, 0.3) is 0 Å². The number of nitrogens with one attached hydrogen (secondary N) is 1. The topological polar surface area (TPSA) is 92.4 Å². The maximum Gasteiger partial charge on any atom is 0.236 e. The third-order valence-electron chi connectivity index (χ3n) is 2.40. The lowest BCUT2D eigenvalue weighted by atomic mass is 10.1. The Morgan fingerprint density at radius 1 is 1.41 bits per heavy atom. The van der Waals surface area contributed by atoms with Crippen molar-refractivity contribution in [2.24, 2.45) is 5.73 Å². The van der Waals surface area contributed by atoms with Gasteiger partial charge < -0.3 is 15.6 Å². The average Bonchev–Trinajstić information content (AvgIpc) is 2.35. The summed E-state index contributed by atoms with van der Waals surface area (Å²) in [7, 11) is 0. The molecule has 0 saturated heterocycles. The van der Waals surface area contributed by atoms with Crippen LogP contribution < -0.4 is 11.1 Å². The number of nitrogens with two attached hydrogens (primary N) is 1. The molecule has 0 spiro atoms. The molecule has 5 nitrogen and oxygen atoms in total. The van der Waals surface area contributed by atoms with Crippen LogP contribution in [0.15, 0.2) is 30.3 Å². The zero-order valence-electron chi connectivity index (χ0n) is 9.37. The highest BCUT2D eigenvalue weighted by atomic mass is 16.3. The molecule has 1 unspecified atom stereocenters. The van der Waals surface area contributed by atoms with Gasteiger partial charge >= 0.3 is 0 Å². The van der Waals surface area contributed by atoms with Crippen LogP contribution in [-0.4, -0.2) is 36.0 Å². The van der Waals surface area contributed by atoms with Gasteiger partial charge in [0.2, 0.25) is 5.91 Å². The van der Waals surface area contributed by atoms with Crippen LogP contribution in [0, 0.1) is 0 Å². The minimum Gasteiger partial charge on any atom is -0.394 e. The van der Waals surface area contributed by atoms with Gasteiger partial charge in [-0.3, -0.25) is 10.1 Å². The summed E-state index contributed by atoms with van der Waals surface area (Å²) in [6.45, 7) is -0.422. The van der Waals surface area contributed by atoms with Crippen LogP contribution in [0.5, 0.6) is 0 Å². The van der Waals surface area contributed by atoms with Crippen LogP contribution in [-0.2, 0) is 16.0 Å². The van der Waals surface area contributed by atoms with E-state index >= 15 is 0 Å². The smallest absolute Gasteiger partial charge is 0.236 e. The van der Waals surface area contributed by atoms with Crippen molar-refractivity contribution >= 4 is 12.2 Å². The molecule has 0 aliphatic rings. The van der Waals surface area contributed by atoms with E-state index in [1.165, 1.54) is 0 Å². The summed E-state index contributed by atoms with van der Waals surface area (Å²) in [5.41, 5.74) is 6.04. The molecule has 5 heteroatoms. The Labute approximate surface area is 99.6 Å². The lowest BCUT2D eigenvalue weighted by Crippen LogP contribution is -2.49. The first-order valence-corrected chi connectivity index (χ1v) is 5.32. The Bertz CT molecular complexity index is 367. The van der Waals surface area contributed by atoms with Gasteiger partial charge in [0, 0.05) is 0 Å². The van der Waals surface area contributed by atoms with Crippen LogP contribution in [0.2, 0.25) is 0 Å². The van der Waals surface area contributed by atoms with Crippen molar-refractivity contribution in [1.82, 2.24) is 5.32 Å². The second-order valence-electron chi connectivity index (χ2n) is 3.74. The highest BCUT2D eigenvalue weighted by molar-refractivity contribution is 5.80. The first-order valence-electron chi connectivity index (χ1n) is 5.32. The van der Waals surface area contributed by atoms with Gasteiger partial charge in [-0.25, -0.2) is 0 Å². The van der Waals surface area contributed by atoms with Crippen LogP contribution in [0.3, 0.4) is 0 Å². The Morgan fingerprint density at radius 2 is 2.06 bits per heavy atom.